The van der Waals surface area contributed by atoms with Crippen molar-refractivity contribution in [2.24, 2.45) is 5.73 Å². The summed E-state index contributed by atoms with van der Waals surface area (Å²) in [6.07, 6.45) is 0. The highest BCUT2D eigenvalue weighted by Crippen LogP contribution is 2.18. The van der Waals surface area contributed by atoms with Gasteiger partial charge in [-0.2, -0.15) is 4.33 Å². The molecule has 0 saturated carbocycles. The van der Waals surface area contributed by atoms with Crippen molar-refractivity contribution in [3.63, 3.8) is 0 Å². The van der Waals surface area contributed by atoms with Gasteiger partial charge in [-0.15, -0.1) is 0 Å². The quantitative estimate of drug-likeness (QED) is 0.452. The molecule has 0 aliphatic carbocycles. The van der Waals surface area contributed by atoms with Gasteiger partial charge in [-0.25, -0.2) is 4.89 Å². The van der Waals surface area contributed by atoms with Gasteiger partial charge in [0.1, 0.15) is 0 Å². The second-order valence-corrected chi connectivity index (χ2v) is 2.98. The number of nitrogens with two attached hydrogens (primary N) is 1. The Hall–Kier alpha value is -1.04. The summed E-state index contributed by atoms with van der Waals surface area (Å²) in [5.74, 6) is -0.441. The van der Waals surface area contributed by atoms with Crippen LogP contribution in [0.3, 0.4) is 0 Å². The molecule has 0 bridgehead atoms. The molecule has 2 N–H and O–H groups in total. The Morgan fingerprint density at radius 2 is 2.00 bits per heavy atom. The Morgan fingerprint density at radius 1 is 1.38 bits per heavy atom. The summed E-state index contributed by atoms with van der Waals surface area (Å²) >= 11 is 1.07. The topological polar surface area (TPSA) is 61.6 Å². The number of primary amides is 1. The Balaban J connectivity index is 2.64. The van der Waals surface area contributed by atoms with Crippen molar-refractivity contribution in [1.29, 1.82) is 0 Å². The molecule has 1 aromatic carbocycles. The van der Waals surface area contributed by atoms with Crippen LogP contribution < -0.4 is 5.73 Å². The van der Waals surface area contributed by atoms with E-state index in [1.165, 1.54) is 7.11 Å². The van der Waals surface area contributed by atoms with E-state index in [0.717, 1.165) is 16.9 Å². The fourth-order valence-corrected chi connectivity index (χ4v) is 1.14. The van der Waals surface area contributed by atoms with Gasteiger partial charge in [-0.3, -0.25) is 4.79 Å². The second-order valence-electron chi connectivity index (χ2n) is 2.21. The van der Waals surface area contributed by atoms with Gasteiger partial charge in [-0.1, -0.05) is 0 Å². The van der Waals surface area contributed by atoms with Crippen molar-refractivity contribution in [1.82, 2.24) is 0 Å². The molecule has 0 atom stereocenters. The van der Waals surface area contributed by atoms with Crippen LogP contribution in [0.25, 0.3) is 0 Å². The molecule has 0 aromatic heterocycles. The van der Waals surface area contributed by atoms with Crippen LogP contribution in [0.15, 0.2) is 29.2 Å². The summed E-state index contributed by atoms with van der Waals surface area (Å²) < 4.78 is 4.62. The third-order valence-corrected chi connectivity index (χ3v) is 2.01. The molecule has 1 rings (SSSR count). The average Bonchev–Trinajstić information content (AvgIpc) is 2.15. The van der Waals surface area contributed by atoms with Gasteiger partial charge in [0.15, 0.2) is 0 Å². The van der Waals surface area contributed by atoms with Gasteiger partial charge < -0.3 is 5.73 Å². The molecule has 0 heterocycles. The minimum absolute atomic E-state index is 0.441. The van der Waals surface area contributed by atoms with Crippen molar-refractivity contribution >= 4 is 17.9 Å². The van der Waals surface area contributed by atoms with Gasteiger partial charge >= 0.3 is 0 Å². The lowest BCUT2D eigenvalue weighted by molar-refractivity contribution is -0.160. The first-order valence-electron chi connectivity index (χ1n) is 3.51. The molecular formula is C8H9NO3S. The van der Waals surface area contributed by atoms with E-state index in [4.69, 9.17) is 5.73 Å². The van der Waals surface area contributed by atoms with E-state index in [2.05, 4.69) is 9.22 Å². The molecule has 0 fully saturated rings. The summed E-state index contributed by atoms with van der Waals surface area (Å²) in [5.41, 5.74) is 5.54. The minimum atomic E-state index is -0.441. The van der Waals surface area contributed by atoms with Gasteiger partial charge in [0.25, 0.3) is 0 Å². The number of carbonyl (C=O) groups excluding carboxylic acids is 1. The van der Waals surface area contributed by atoms with E-state index in [-0.39, 0.29) is 0 Å². The summed E-state index contributed by atoms with van der Waals surface area (Å²) in [5, 5.41) is 0. The fraction of sp³-hybridized carbons (Fsp3) is 0.125. The molecule has 1 amide bonds. The van der Waals surface area contributed by atoms with Crippen LogP contribution >= 0.6 is 12.0 Å². The summed E-state index contributed by atoms with van der Waals surface area (Å²) in [4.78, 5) is 15.9. The molecule has 0 saturated heterocycles. The van der Waals surface area contributed by atoms with Crippen molar-refractivity contribution in [3.8, 4) is 0 Å². The van der Waals surface area contributed by atoms with E-state index in [0.29, 0.717) is 5.56 Å². The van der Waals surface area contributed by atoms with Crippen molar-refractivity contribution < 1.29 is 14.0 Å². The fourth-order valence-electron chi connectivity index (χ4n) is 0.748. The summed E-state index contributed by atoms with van der Waals surface area (Å²) in [7, 11) is 1.42. The molecule has 0 aliphatic heterocycles. The molecule has 0 unspecified atom stereocenters. The Kier molecular flexibility index (Phi) is 3.75. The molecule has 0 radical (unpaired) electrons. The first-order chi connectivity index (χ1) is 6.24. The maximum atomic E-state index is 10.7. The van der Waals surface area contributed by atoms with E-state index in [1.807, 2.05) is 0 Å². The zero-order valence-electron chi connectivity index (χ0n) is 7.02. The van der Waals surface area contributed by atoms with Crippen molar-refractivity contribution in [2.75, 3.05) is 7.11 Å². The molecule has 4 nitrogen and oxygen atoms in total. The van der Waals surface area contributed by atoms with Crippen LogP contribution in [-0.4, -0.2) is 13.0 Å². The first-order valence-corrected chi connectivity index (χ1v) is 4.25. The molecule has 13 heavy (non-hydrogen) atoms. The zero-order valence-corrected chi connectivity index (χ0v) is 7.84. The first kappa shape index (κ1) is 10.0. The molecule has 0 aliphatic rings. The van der Waals surface area contributed by atoms with Gasteiger partial charge in [-0.05, 0) is 24.3 Å². The van der Waals surface area contributed by atoms with E-state index in [9.17, 15) is 4.79 Å². The van der Waals surface area contributed by atoms with E-state index < -0.39 is 5.91 Å². The second kappa shape index (κ2) is 4.86. The van der Waals surface area contributed by atoms with E-state index in [1.54, 1.807) is 24.3 Å². The van der Waals surface area contributed by atoms with Crippen molar-refractivity contribution in [2.45, 2.75) is 4.90 Å². The SMILES string of the molecule is COOSc1ccc(C(N)=O)cc1. The minimum Gasteiger partial charge on any atom is -0.366 e. The normalized spacial score (nSPS) is 9.92. The maximum absolute atomic E-state index is 10.7. The molecule has 5 heteroatoms. The van der Waals surface area contributed by atoms with Gasteiger partial charge in [0.05, 0.1) is 19.2 Å². The molecule has 70 valence electrons. The van der Waals surface area contributed by atoms with Crippen LogP contribution in [0.2, 0.25) is 0 Å². The largest absolute Gasteiger partial charge is 0.366 e. The predicted octanol–water partition coefficient (Wildman–Crippen LogP) is 1.37. The third kappa shape index (κ3) is 3.06. The third-order valence-electron chi connectivity index (χ3n) is 1.34. The number of hydrogen-bond donors (Lipinski definition) is 1. The predicted molar refractivity (Wildman–Crippen MR) is 48.9 cm³/mol. The Morgan fingerprint density at radius 3 is 2.46 bits per heavy atom. The highest BCUT2D eigenvalue weighted by molar-refractivity contribution is 7.94. The van der Waals surface area contributed by atoms with Gasteiger partial charge in [0, 0.05) is 10.5 Å². The van der Waals surface area contributed by atoms with Crippen LogP contribution in [0.4, 0.5) is 0 Å². The number of carbonyl (C=O) groups is 1. The lowest BCUT2D eigenvalue weighted by atomic mass is 10.2. The molecular weight excluding hydrogens is 190 g/mol. The lowest BCUT2D eigenvalue weighted by Crippen LogP contribution is -2.10. The Labute approximate surface area is 80.2 Å². The zero-order chi connectivity index (χ0) is 9.68. The lowest BCUT2D eigenvalue weighted by Gasteiger charge is -1.99. The van der Waals surface area contributed by atoms with Crippen molar-refractivity contribution in [3.05, 3.63) is 29.8 Å². The number of amides is 1. The standard InChI is InChI=1S/C8H9NO3S/c1-11-12-13-7-4-2-6(3-5-7)8(9)10/h2-5H,1H3,(H2,9,10). The van der Waals surface area contributed by atoms with Crippen LogP contribution in [-0.2, 0) is 9.22 Å². The van der Waals surface area contributed by atoms with E-state index >= 15 is 0 Å². The highest BCUT2D eigenvalue weighted by atomic mass is 32.2. The Bertz CT molecular complexity index is 286. The monoisotopic (exact) mass is 199 g/mol. The number of benzene rings is 1. The summed E-state index contributed by atoms with van der Waals surface area (Å²) in [6.45, 7) is 0. The highest BCUT2D eigenvalue weighted by Gasteiger charge is 2.00. The average molecular weight is 199 g/mol. The molecule has 1 aromatic rings. The number of hydrogen-bond acceptors (Lipinski definition) is 4. The van der Waals surface area contributed by atoms with Crippen LogP contribution in [0.1, 0.15) is 10.4 Å². The number of rotatable bonds is 4. The van der Waals surface area contributed by atoms with Crippen LogP contribution in [0, 0.1) is 0 Å². The molecule has 0 spiro atoms. The smallest absolute Gasteiger partial charge is 0.248 e. The maximum Gasteiger partial charge on any atom is 0.248 e. The summed E-state index contributed by atoms with van der Waals surface area (Å²) in [6, 6.07) is 6.71. The van der Waals surface area contributed by atoms with Gasteiger partial charge in [0.2, 0.25) is 5.91 Å². The van der Waals surface area contributed by atoms with Crippen LogP contribution in [0.5, 0.6) is 0 Å².